The van der Waals surface area contributed by atoms with Crippen molar-refractivity contribution in [3.63, 3.8) is 0 Å². The highest BCUT2D eigenvalue weighted by Crippen LogP contribution is 2.30. The maximum Gasteiger partial charge on any atom is 0.363 e. The Morgan fingerprint density at radius 2 is 1.90 bits per heavy atom. The zero-order valence-corrected chi connectivity index (χ0v) is 16.2. The molecule has 0 unspecified atom stereocenters. The first-order valence-electron chi connectivity index (χ1n) is 9.12. The summed E-state index contributed by atoms with van der Waals surface area (Å²) in [5.74, 6) is -1.02. The third-order valence-corrected chi connectivity index (χ3v) is 4.30. The van der Waals surface area contributed by atoms with E-state index in [0.29, 0.717) is 22.4 Å². The standard InChI is InChI=1S/C23H15FN2O5/c1-29-20-12-14(4-9-19(20)30-22(27)16-3-2-10-25-13-16)11-18-23(28)31-21(26-18)15-5-7-17(24)8-6-15/h2-13H,1H3/b18-11-. The molecule has 0 spiro atoms. The van der Waals surface area contributed by atoms with E-state index in [1.807, 2.05) is 0 Å². The first-order chi connectivity index (χ1) is 15.0. The molecule has 0 atom stereocenters. The lowest BCUT2D eigenvalue weighted by Gasteiger charge is -2.10. The number of cyclic esters (lactones) is 1. The predicted octanol–water partition coefficient (Wildman–Crippen LogP) is 3.79. The molecule has 3 aromatic rings. The van der Waals surface area contributed by atoms with Crippen LogP contribution in [0, 0.1) is 5.82 Å². The Morgan fingerprint density at radius 3 is 2.61 bits per heavy atom. The summed E-state index contributed by atoms with van der Waals surface area (Å²) < 4.78 is 28.9. The summed E-state index contributed by atoms with van der Waals surface area (Å²) >= 11 is 0. The predicted molar refractivity (Wildman–Crippen MR) is 109 cm³/mol. The van der Waals surface area contributed by atoms with Crippen LogP contribution in [0.15, 0.2) is 77.7 Å². The quantitative estimate of drug-likeness (QED) is 0.356. The molecule has 31 heavy (non-hydrogen) atoms. The van der Waals surface area contributed by atoms with Crippen LogP contribution in [0.1, 0.15) is 21.5 Å². The molecule has 0 N–H and O–H groups in total. The fourth-order valence-electron chi connectivity index (χ4n) is 2.78. The lowest BCUT2D eigenvalue weighted by molar-refractivity contribution is -0.129. The van der Waals surface area contributed by atoms with Crippen molar-refractivity contribution in [1.29, 1.82) is 0 Å². The molecule has 0 radical (unpaired) electrons. The molecule has 0 saturated carbocycles. The van der Waals surface area contributed by atoms with Crippen molar-refractivity contribution >= 4 is 23.9 Å². The van der Waals surface area contributed by atoms with E-state index in [2.05, 4.69) is 9.98 Å². The fourth-order valence-corrected chi connectivity index (χ4v) is 2.78. The zero-order valence-electron chi connectivity index (χ0n) is 16.2. The van der Waals surface area contributed by atoms with Crippen molar-refractivity contribution in [2.45, 2.75) is 0 Å². The number of nitrogens with zero attached hydrogens (tertiary/aromatic N) is 2. The highest BCUT2D eigenvalue weighted by atomic mass is 19.1. The lowest BCUT2D eigenvalue weighted by atomic mass is 10.1. The molecule has 2 heterocycles. The largest absolute Gasteiger partial charge is 0.493 e. The number of ether oxygens (including phenoxy) is 3. The number of hydrogen-bond acceptors (Lipinski definition) is 7. The smallest absolute Gasteiger partial charge is 0.363 e. The Labute approximate surface area is 176 Å². The van der Waals surface area contributed by atoms with Crippen LogP contribution in [0.2, 0.25) is 0 Å². The van der Waals surface area contributed by atoms with Gasteiger partial charge in [0.15, 0.2) is 17.2 Å². The van der Waals surface area contributed by atoms with Crippen LogP contribution in [0.4, 0.5) is 4.39 Å². The Hall–Kier alpha value is -4.33. The normalized spacial score (nSPS) is 14.2. The minimum Gasteiger partial charge on any atom is -0.493 e. The molecule has 154 valence electrons. The Morgan fingerprint density at radius 1 is 1.10 bits per heavy atom. The summed E-state index contributed by atoms with van der Waals surface area (Å²) in [4.78, 5) is 32.5. The van der Waals surface area contributed by atoms with Crippen LogP contribution in [0.25, 0.3) is 6.08 Å². The van der Waals surface area contributed by atoms with Crippen molar-refractivity contribution in [2.75, 3.05) is 7.11 Å². The Balaban J connectivity index is 1.57. The third kappa shape index (κ3) is 4.48. The molecule has 2 aromatic carbocycles. The van der Waals surface area contributed by atoms with E-state index in [1.54, 1.807) is 36.5 Å². The van der Waals surface area contributed by atoms with Crippen molar-refractivity contribution in [3.05, 3.63) is 95.2 Å². The van der Waals surface area contributed by atoms with Crippen LogP contribution in [-0.4, -0.2) is 29.9 Å². The second-order valence-corrected chi connectivity index (χ2v) is 6.38. The van der Waals surface area contributed by atoms with Gasteiger partial charge in [-0.3, -0.25) is 4.98 Å². The van der Waals surface area contributed by atoms with E-state index in [4.69, 9.17) is 14.2 Å². The Bertz CT molecular complexity index is 1200. The Kier molecular flexibility index (Phi) is 5.53. The number of rotatable bonds is 5. The summed E-state index contributed by atoms with van der Waals surface area (Å²) in [6, 6.07) is 13.4. The van der Waals surface area contributed by atoms with E-state index in [0.717, 1.165) is 0 Å². The van der Waals surface area contributed by atoms with Crippen molar-refractivity contribution in [1.82, 2.24) is 4.98 Å². The number of carbonyl (C=O) groups is 2. The molecule has 1 aliphatic heterocycles. The van der Waals surface area contributed by atoms with Crippen LogP contribution in [0.3, 0.4) is 0 Å². The molecule has 1 aliphatic rings. The number of aromatic nitrogens is 1. The van der Waals surface area contributed by atoms with Crippen LogP contribution in [0.5, 0.6) is 11.5 Å². The van der Waals surface area contributed by atoms with Crippen LogP contribution < -0.4 is 9.47 Å². The summed E-state index contributed by atoms with van der Waals surface area (Å²) in [6.45, 7) is 0. The summed E-state index contributed by atoms with van der Waals surface area (Å²) in [5.41, 5.74) is 1.43. The van der Waals surface area contributed by atoms with Gasteiger partial charge in [0.05, 0.1) is 12.7 Å². The summed E-state index contributed by atoms with van der Waals surface area (Å²) in [6.07, 6.45) is 4.46. The molecule has 0 bridgehead atoms. The van der Waals surface area contributed by atoms with Gasteiger partial charge < -0.3 is 14.2 Å². The molecule has 1 aromatic heterocycles. The van der Waals surface area contributed by atoms with E-state index < -0.39 is 17.8 Å². The van der Waals surface area contributed by atoms with Gasteiger partial charge in [0.2, 0.25) is 5.90 Å². The molecule has 8 heteroatoms. The first kappa shape index (κ1) is 20.0. The van der Waals surface area contributed by atoms with Gasteiger partial charge in [0.1, 0.15) is 5.82 Å². The molecular formula is C23H15FN2O5. The minimum absolute atomic E-state index is 0.0708. The second kappa shape index (κ2) is 8.58. The number of benzene rings is 2. The number of methoxy groups -OCH3 is 1. The molecule has 4 rings (SSSR count). The van der Waals surface area contributed by atoms with Gasteiger partial charge in [0, 0.05) is 18.0 Å². The number of hydrogen-bond donors (Lipinski definition) is 0. The van der Waals surface area contributed by atoms with Gasteiger partial charge in [-0.15, -0.1) is 0 Å². The third-order valence-electron chi connectivity index (χ3n) is 4.30. The average molecular weight is 418 g/mol. The fraction of sp³-hybridized carbons (Fsp3) is 0.0435. The highest BCUT2D eigenvalue weighted by molar-refractivity contribution is 6.12. The lowest BCUT2D eigenvalue weighted by Crippen LogP contribution is -2.09. The van der Waals surface area contributed by atoms with Gasteiger partial charge in [-0.2, -0.15) is 0 Å². The molecule has 0 saturated heterocycles. The second-order valence-electron chi connectivity index (χ2n) is 6.38. The van der Waals surface area contributed by atoms with Gasteiger partial charge in [-0.1, -0.05) is 6.07 Å². The van der Waals surface area contributed by atoms with Crippen molar-refractivity contribution in [3.8, 4) is 11.5 Å². The number of carbonyl (C=O) groups excluding carboxylic acids is 2. The number of aliphatic imine (C=N–C) groups is 1. The SMILES string of the molecule is COc1cc(/C=C2\N=C(c3ccc(F)cc3)OC2=O)ccc1OC(=O)c1cccnc1. The van der Waals surface area contributed by atoms with Crippen molar-refractivity contribution in [2.24, 2.45) is 4.99 Å². The maximum atomic E-state index is 13.1. The number of halogens is 1. The van der Waals surface area contributed by atoms with Crippen LogP contribution in [-0.2, 0) is 9.53 Å². The topological polar surface area (TPSA) is 87.1 Å². The first-order valence-corrected chi connectivity index (χ1v) is 9.12. The average Bonchev–Trinajstić information content (AvgIpc) is 3.15. The zero-order chi connectivity index (χ0) is 21.8. The molecular weight excluding hydrogens is 403 g/mol. The summed E-state index contributed by atoms with van der Waals surface area (Å²) in [5, 5.41) is 0. The monoisotopic (exact) mass is 418 g/mol. The minimum atomic E-state index is -0.634. The van der Waals surface area contributed by atoms with Gasteiger partial charge in [-0.25, -0.2) is 19.0 Å². The van der Waals surface area contributed by atoms with Gasteiger partial charge in [0.25, 0.3) is 0 Å². The van der Waals surface area contributed by atoms with Gasteiger partial charge in [-0.05, 0) is 60.2 Å². The van der Waals surface area contributed by atoms with E-state index >= 15 is 0 Å². The maximum absolute atomic E-state index is 13.1. The molecule has 7 nitrogen and oxygen atoms in total. The molecule has 0 aliphatic carbocycles. The molecule has 0 fully saturated rings. The summed E-state index contributed by atoms with van der Waals surface area (Å²) in [7, 11) is 1.43. The van der Waals surface area contributed by atoms with E-state index in [9.17, 15) is 14.0 Å². The van der Waals surface area contributed by atoms with E-state index in [-0.39, 0.29) is 17.3 Å². The van der Waals surface area contributed by atoms with Crippen molar-refractivity contribution < 1.29 is 28.2 Å². The van der Waals surface area contributed by atoms with E-state index in [1.165, 1.54) is 43.6 Å². The number of pyridine rings is 1. The molecule has 0 amide bonds. The highest BCUT2D eigenvalue weighted by Gasteiger charge is 2.24. The van der Waals surface area contributed by atoms with Gasteiger partial charge >= 0.3 is 11.9 Å². The van der Waals surface area contributed by atoms with Crippen LogP contribution >= 0.6 is 0 Å². The number of esters is 2.